The molecule has 1 atom stereocenters. The molecule has 2 aromatic rings. The van der Waals surface area contributed by atoms with Crippen LogP contribution < -0.4 is 10.4 Å². The molecule has 2 aromatic carbocycles. The summed E-state index contributed by atoms with van der Waals surface area (Å²) in [5.41, 5.74) is 1.57. The van der Waals surface area contributed by atoms with Crippen LogP contribution in [0.25, 0.3) is 0 Å². The molecule has 0 saturated carbocycles. The van der Waals surface area contributed by atoms with Crippen LogP contribution in [0.5, 0.6) is 0 Å². The molecule has 1 unspecified atom stereocenters. The van der Waals surface area contributed by atoms with Gasteiger partial charge in [-0.15, -0.1) is 0 Å². The van der Waals surface area contributed by atoms with Gasteiger partial charge in [0.1, 0.15) is 6.61 Å². The van der Waals surface area contributed by atoms with Gasteiger partial charge >= 0.3 is 11.9 Å². The number of unbranched alkanes of at least 4 members (excludes halogenated alkanes) is 1. The monoisotopic (exact) mass is 440 g/mol. The molecule has 8 nitrogen and oxygen atoms in total. The summed E-state index contributed by atoms with van der Waals surface area (Å²) < 4.78 is 5.09. The molecule has 3 rings (SSSR count). The Morgan fingerprint density at radius 3 is 2.06 bits per heavy atom. The Kier molecular flexibility index (Phi) is 9.41. The second kappa shape index (κ2) is 12.2. The van der Waals surface area contributed by atoms with Crippen LogP contribution in [0, 0.1) is 5.41 Å². The smallest absolute Gasteiger partial charge is 0.306 e. The molecular formula is C24H28N2O6. The lowest BCUT2D eigenvalue weighted by Gasteiger charge is -2.24. The fourth-order valence-electron chi connectivity index (χ4n) is 3.10. The van der Waals surface area contributed by atoms with E-state index in [0.29, 0.717) is 12.1 Å². The number of para-hydroxylation sites is 1. The molecule has 2 amide bonds. The molecule has 1 aliphatic rings. The first-order valence-electron chi connectivity index (χ1n) is 10.5. The standard InChI is InChI=1S/C18H22N2O6.C6H6/c1-2-3-11-18(12-26-15(23)10-9-14(21)22)16(24)19-20(17(18)25)13-7-5-4-6-8-13;1-2-4-6-5-3-1/h4-8H,2-3,9-12H2,1H3,(H,19,24)(H,21,22);1-6H. The topological polar surface area (TPSA) is 113 Å². The summed E-state index contributed by atoms with van der Waals surface area (Å²) in [6, 6.07) is 20.7. The summed E-state index contributed by atoms with van der Waals surface area (Å²) in [5.74, 6) is -2.87. The number of hydrogen-bond acceptors (Lipinski definition) is 5. The van der Waals surface area contributed by atoms with Crippen LogP contribution in [-0.4, -0.2) is 35.5 Å². The number of anilines is 1. The van der Waals surface area contributed by atoms with E-state index in [-0.39, 0.29) is 19.3 Å². The molecule has 0 bridgehead atoms. The number of nitrogens with one attached hydrogen (secondary N) is 1. The normalized spacial score (nSPS) is 17.2. The van der Waals surface area contributed by atoms with Crippen molar-refractivity contribution < 1.29 is 29.0 Å². The highest BCUT2D eigenvalue weighted by molar-refractivity contribution is 6.18. The maximum absolute atomic E-state index is 13.0. The molecule has 2 N–H and O–H groups in total. The fraction of sp³-hybridized carbons (Fsp3) is 0.333. The Hall–Kier alpha value is -3.68. The summed E-state index contributed by atoms with van der Waals surface area (Å²) in [4.78, 5) is 47.9. The summed E-state index contributed by atoms with van der Waals surface area (Å²) >= 11 is 0. The maximum Gasteiger partial charge on any atom is 0.306 e. The third-order valence-corrected chi connectivity index (χ3v) is 4.92. The Bertz CT molecular complexity index is 877. The molecule has 8 heteroatoms. The third kappa shape index (κ3) is 6.66. The van der Waals surface area contributed by atoms with Crippen LogP contribution in [0.2, 0.25) is 0 Å². The molecule has 0 radical (unpaired) electrons. The molecular weight excluding hydrogens is 412 g/mol. The van der Waals surface area contributed by atoms with Gasteiger partial charge in [-0.05, 0) is 18.6 Å². The number of esters is 1. The van der Waals surface area contributed by atoms with Gasteiger partial charge in [-0.1, -0.05) is 74.4 Å². The highest BCUT2D eigenvalue weighted by atomic mass is 16.5. The quantitative estimate of drug-likeness (QED) is 0.457. The van der Waals surface area contributed by atoms with E-state index in [1.54, 1.807) is 30.3 Å². The number of aliphatic carboxylic acids is 1. The first-order chi connectivity index (χ1) is 15.4. The summed E-state index contributed by atoms with van der Waals surface area (Å²) in [5, 5.41) is 9.79. The molecule has 0 spiro atoms. The van der Waals surface area contributed by atoms with E-state index in [2.05, 4.69) is 5.43 Å². The van der Waals surface area contributed by atoms with E-state index in [9.17, 15) is 19.2 Å². The van der Waals surface area contributed by atoms with Crippen LogP contribution in [0.3, 0.4) is 0 Å². The van der Waals surface area contributed by atoms with Crippen LogP contribution in [0.15, 0.2) is 66.7 Å². The number of carboxylic acid groups (broad SMARTS) is 1. The number of carbonyl (C=O) groups is 4. The van der Waals surface area contributed by atoms with Crippen LogP contribution in [-0.2, 0) is 23.9 Å². The Labute approximate surface area is 187 Å². The summed E-state index contributed by atoms with van der Waals surface area (Å²) in [6.07, 6.45) is 0.938. The van der Waals surface area contributed by atoms with Gasteiger partial charge in [0.2, 0.25) is 0 Å². The largest absolute Gasteiger partial charge is 0.481 e. The van der Waals surface area contributed by atoms with Gasteiger partial charge in [-0.2, -0.15) is 0 Å². The predicted molar refractivity (Wildman–Crippen MR) is 118 cm³/mol. The summed E-state index contributed by atoms with van der Waals surface area (Å²) in [7, 11) is 0. The number of hydrogen-bond donors (Lipinski definition) is 2. The summed E-state index contributed by atoms with van der Waals surface area (Å²) in [6.45, 7) is 1.53. The molecule has 32 heavy (non-hydrogen) atoms. The Morgan fingerprint density at radius 2 is 1.53 bits per heavy atom. The number of benzene rings is 2. The van der Waals surface area contributed by atoms with Gasteiger partial charge < -0.3 is 9.84 Å². The number of amides is 2. The van der Waals surface area contributed by atoms with Gasteiger partial charge in [0, 0.05) is 0 Å². The van der Waals surface area contributed by atoms with Crippen molar-refractivity contribution in [2.75, 3.05) is 11.6 Å². The van der Waals surface area contributed by atoms with Crippen molar-refractivity contribution in [3.05, 3.63) is 66.7 Å². The second-order valence-electron chi connectivity index (χ2n) is 7.31. The van der Waals surface area contributed by atoms with Crippen molar-refractivity contribution in [1.29, 1.82) is 0 Å². The number of nitrogens with zero attached hydrogens (tertiary/aromatic N) is 1. The number of carbonyl (C=O) groups excluding carboxylic acids is 3. The first-order valence-corrected chi connectivity index (χ1v) is 10.5. The molecule has 0 aliphatic carbocycles. The van der Waals surface area contributed by atoms with Gasteiger partial charge in [-0.25, -0.2) is 5.01 Å². The lowest BCUT2D eigenvalue weighted by Crippen LogP contribution is -2.41. The van der Waals surface area contributed by atoms with Gasteiger partial charge in [-0.3, -0.25) is 24.6 Å². The zero-order chi connectivity index (χ0) is 23.4. The van der Waals surface area contributed by atoms with E-state index < -0.39 is 35.8 Å². The molecule has 1 aliphatic heterocycles. The average Bonchev–Trinajstić information content (AvgIpc) is 3.07. The average molecular weight is 440 g/mol. The van der Waals surface area contributed by atoms with Gasteiger partial charge in [0.25, 0.3) is 11.8 Å². The lowest BCUT2D eigenvalue weighted by molar-refractivity contribution is -0.154. The minimum Gasteiger partial charge on any atom is -0.481 e. The Balaban J connectivity index is 0.000000520. The SMILES string of the molecule is CCCCC1(COC(=O)CCC(=O)O)C(=O)NN(c2ccccc2)C1=O.c1ccccc1. The number of carboxylic acids is 1. The van der Waals surface area contributed by atoms with Crippen molar-refractivity contribution in [2.45, 2.75) is 39.0 Å². The lowest BCUT2D eigenvalue weighted by atomic mass is 9.82. The second-order valence-corrected chi connectivity index (χ2v) is 7.31. The highest BCUT2D eigenvalue weighted by Crippen LogP contribution is 2.35. The number of ether oxygens (including phenoxy) is 1. The number of hydrazine groups is 1. The van der Waals surface area contributed by atoms with E-state index in [0.717, 1.165) is 6.42 Å². The zero-order valence-electron chi connectivity index (χ0n) is 18.0. The highest BCUT2D eigenvalue weighted by Gasteiger charge is 2.55. The number of rotatable bonds is 9. The Morgan fingerprint density at radius 1 is 0.969 bits per heavy atom. The van der Waals surface area contributed by atoms with E-state index in [4.69, 9.17) is 9.84 Å². The maximum atomic E-state index is 13.0. The predicted octanol–water partition coefficient (Wildman–Crippen LogP) is 3.34. The first kappa shape index (κ1) is 24.6. The van der Waals surface area contributed by atoms with Crippen LogP contribution in [0.4, 0.5) is 5.69 Å². The van der Waals surface area contributed by atoms with Gasteiger partial charge in [0.15, 0.2) is 5.41 Å². The van der Waals surface area contributed by atoms with Crippen LogP contribution in [0.1, 0.15) is 39.0 Å². The van der Waals surface area contributed by atoms with Gasteiger partial charge in [0.05, 0.1) is 18.5 Å². The van der Waals surface area contributed by atoms with E-state index in [1.165, 1.54) is 5.01 Å². The van der Waals surface area contributed by atoms with Crippen LogP contribution >= 0.6 is 0 Å². The minimum absolute atomic E-state index is 0.240. The minimum atomic E-state index is -1.50. The van der Waals surface area contributed by atoms with Crippen molar-refractivity contribution >= 4 is 29.4 Å². The third-order valence-electron chi connectivity index (χ3n) is 4.92. The van der Waals surface area contributed by atoms with E-state index >= 15 is 0 Å². The molecule has 0 aromatic heterocycles. The molecule has 1 saturated heterocycles. The fourth-order valence-corrected chi connectivity index (χ4v) is 3.10. The zero-order valence-corrected chi connectivity index (χ0v) is 18.0. The van der Waals surface area contributed by atoms with E-state index in [1.807, 2.05) is 43.3 Å². The van der Waals surface area contributed by atoms with Crippen molar-refractivity contribution in [3.63, 3.8) is 0 Å². The van der Waals surface area contributed by atoms with Crippen molar-refractivity contribution in [2.24, 2.45) is 5.41 Å². The van der Waals surface area contributed by atoms with Crippen molar-refractivity contribution in [3.8, 4) is 0 Å². The molecule has 1 heterocycles. The molecule has 170 valence electrons. The van der Waals surface area contributed by atoms with Crippen molar-refractivity contribution in [1.82, 2.24) is 5.43 Å². The molecule has 1 fully saturated rings.